The van der Waals surface area contributed by atoms with Crippen molar-refractivity contribution in [3.05, 3.63) is 96.1 Å². The summed E-state index contributed by atoms with van der Waals surface area (Å²) in [6, 6.07) is 31.0. The highest BCUT2D eigenvalue weighted by Gasteiger charge is 2.11. The van der Waals surface area contributed by atoms with Crippen LogP contribution in [-0.4, -0.2) is 0 Å². The summed E-state index contributed by atoms with van der Waals surface area (Å²) in [5, 5.41) is 20.9. The lowest BCUT2D eigenvalue weighted by molar-refractivity contribution is 0.483. The van der Waals surface area contributed by atoms with Crippen molar-refractivity contribution >= 4 is 10.8 Å². The van der Waals surface area contributed by atoms with Crippen LogP contribution in [0.5, 0.6) is 11.5 Å². The van der Waals surface area contributed by atoms with E-state index in [0.29, 0.717) is 16.7 Å². The fraction of sp³-hybridized carbons (Fsp3) is 0. The first-order valence-corrected chi connectivity index (χ1v) is 8.49. The first-order chi connectivity index (χ1) is 13.3. The summed E-state index contributed by atoms with van der Waals surface area (Å²) in [6.07, 6.45) is 0. The summed E-state index contributed by atoms with van der Waals surface area (Å²) in [6.45, 7) is 0. The highest BCUT2D eigenvalue weighted by Crippen LogP contribution is 2.32. The van der Waals surface area contributed by atoms with Crippen LogP contribution in [0.3, 0.4) is 0 Å². The second-order valence-corrected chi connectivity index (χ2v) is 6.09. The van der Waals surface area contributed by atoms with E-state index in [1.165, 1.54) is 0 Å². The van der Waals surface area contributed by atoms with Crippen LogP contribution < -0.4 is 4.74 Å². The summed E-state index contributed by atoms with van der Waals surface area (Å²) in [5.41, 5.74) is 2.52. The molecule has 0 fully saturated rings. The maximum atomic E-state index is 9.41. The largest absolute Gasteiger partial charge is 0.457 e. The molecule has 3 nitrogen and oxygen atoms in total. The molecule has 4 rings (SSSR count). The fourth-order valence-corrected chi connectivity index (χ4v) is 3.12. The van der Waals surface area contributed by atoms with Crippen LogP contribution in [0.2, 0.25) is 0 Å². The lowest BCUT2D eigenvalue weighted by Gasteiger charge is -2.10. The van der Waals surface area contributed by atoms with E-state index < -0.39 is 0 Å². The van der Waals surface area contributed by atoms with Gasteiger partial charge in [0, 0.05) is 5.56 Å². The van der Waals surface area contributed by atoms with Gasteiger partial charge in [-0.05, 0) is 58.8 Å². The van der Waals surface area contributed by atoms with Crippen LogP contribution in [0.25, 0.3) is 21.9 Å². The smallest absolute Gasteiger partial charge is 0.128 e. The van der Waals surface area contributed by atoms with Crippen molar-refractivity contribution in [1.29, 1.82) is 10.5 Å². The van der Waals surface area contributed by atoms with E-state index in [1.54, 1.807) is 18.2 Å². The molecule has 0 aliphatic heterocycles. The molecular formula is C24H14N2O. The van der Waals surface area contributed by atoms with Gasteiger partial charge in [0.1, 0.15) is 11.5 Å². The Kier molecular flexibility index (Phi) is 4.27. The molecule has 0 bridgehead atoms. The molecule has 0 heterocycles. The fourth-order valence-electron chi connectivity index (χ4n) is 3.12. The molecular weight excluding hydrogens is 332 g/mol. The van der Waals surface area contributed by atoms with Gasteiger partial charge >= 0.3 is 0 Å². The number of nitriles is 2. The lowest BCUT2D eigenvalue weighted by Crippen LogP contribution is -1.90. The van der Waals surface area contributed by atoms with Crippen molar-refractivity contribution in [2.45, 2.75) is 0 Å². The summed E-state index contributed by atoms with van der Waals surface area (Å²) in [7, 11) is 0. The Morgan fingerprint density at radius 2 is 1.26 bits per heavy atom. The number of hydrogen-bond donors (Lipinski definition) is 0. The summed E-state index contributed by atoms with van der Waals surface area (Å²) in [5.74, 6) is 1.55. The Hall–Kier alpha value is -4.08. The molecule has 126 valence electrons. The molecule has 0 radical (unpaired) electrons. The molecule has 0 aliphatic rings. The van der Waals surface area contributed by atoms with E-state index in [2.05, 4.69) is 12.1 Å². The molecule has 4 aromatic carbocycles. The van der Waals surface area contributed by atoms with E-state index in [1.807, 2.05) is 66.7 Å². The van der Waals surface area contributed by atoms with Crippen molar-refractivity contribution in [2.24, 2.45) is 0 Å². The third-order valence-electron chi connectivity index (χ3n) is 4.38. The molecule has 0 aromatic heterocycles. The van der Waals surface area contributed by atoms with Crippen molar-refractivity contribution in [2.75, 3.05) is 0 Å². The molecule has 0 aliphatic carbocycles. The zero-order valence-corrected chi connectivity index (χ0v) is 14.4. The van der Waals surface area contributed by atoms with Crippen LogP contribution in [-0.2, 0) is 0 Å². The predicted molar refractivity (Wildman–Crippen MR) is 105 cm³/mol. The average molecular weight is 346 g/mol. The van der Waals surface area contributed by atoms with Gasteiger partial charge in [-0.1, -0.05) is 42.5 Å². The van der Waals surface area contributed by atoms with Crippen LogP contribution >= 0.6 is 0 Å². The molecule has 0 N–H and O–H groups in total. The van der Waals surface area contributed by atoms with Crippen molar-refractivity contribution in [3.8, 4) is 34.8 Å². The van der Waals surface area contributed by atoms with Gasteiger partial charge in [-0.2, -0.15) is 10.5 Å². The molecule has 0 saturated heterocycles. The van der Waals surface area contributed by atoms with Gasteiger partial charge in [-0.25, -0.2) is 0 Å². The maximum Gasteiger partial charge on any atom is 0.128 e. The number of hydrogen-bond acceptors (Lipinski definition) is 3. The Morgan fingerprint density at radius 3 is 1.96 bits per heavy atom. The SMILES string of the molecule is N#Cc1cccc(C#N)c1-c1ccc2cc(Oc3ccccc3)ccc2c1. The zero-order valence-electron chi connectivity index (χ0n) is 14.4. The molecule has 3 heteroatoms. The minimum atomic E-state index is 0.498. The summed E-state index contributed by atoms with van der Waals surface area (Å²) in [4.78, 5) is 0. The van der Waals surface area contributed by atoms with Gasteiger partial charge < -0.3 is 4.74 Å². The maximum absolute atomic E-state index is 9.41. The first-order valence-electron chi connectivity index (χ1n) is 8.49. The van der Waals surface area contributed by atoms with E-state index in [-0.39, 0.29) is 0 Å². The Balaban J connectivity index is 1.76. The van der Waals surface area contributed by atoms with Gasteiger partial charge in [-0.15, -0.1) is 0 Å². The number of para-hydroxylation sites is 1. The van der Waals surface area contributed by atoms with Gasteiger partial charge in [0.2, 0.25) is 0 Å². The number of ether oxygens (including phenoxy) is 1. The Morgan fingerprint density at radius 1 is 0.593 bits per heavy atom. The number of rotatable bonds is 3. The number of nitrogens with zero attached hydrogens (tertiary/aromatic N) is 2. The highest BCUT2D eigenvalue weighted by molar-refractivity contribution is 5.90. The number of fused-ring (bicyclic) bond motifs is 1. The number of benzene rings is 4. The molecule has 0 amide bonds. The second kappa shape index (κ2) is 7.04. The summed E-state index contributed by atoms with van der Waals surface area (Å²) < 4.78 is 5.89. The lowest BCUT2D eigenvalue weighted by atomic mass is 9.93. The van der Waals surface area contributed by atoms with Crippen LogP contribution in [0, 0.1) is 22.7 Å². The van der Waals surface area contributed by atoms with Crippen molar-refractivity contribution in [1.82, 2.24) is 0 Å². The van der Waals surface area contributed by atoms with E-state index in [0.717, 1.165) is 27.8 Å². The third kappa shape index (κ3) is 3.23. The van der Waals surface area contributed by atoms with Crippen LogP contribution in [0.15, 0.2) is 84.9 Å². The second-order valence-electron chi connectivity index (χ2n) is 6.09. The monoisotopic (exact) mass is 346 g/mol. The highest BCUT2D eigenvalue weighted by atomic mass is 16.5. The normalized spacial score (nSPS) is 10.1. The van der Waals surface area contributed by atoms with Crippen LogP contribution in [0.4, 0.5) is 0 Å². The topological polar surface area (TPSA) is 56.8 Å². The Labute approximate surface area is 157 Å². The van der Waals surface area contributed by atoms with Gasteiger partial charge in [0.25, 0.3) is 0 Å². The molecule has 27 heavy (non-hydrogen) atoms. The molecule has 0 unspecified atom stereocenters. The van der Waals surface area contributed by atoms with Gasteiger partial charge in [0.05, 0.1) is 23.3 Å². The predicted octanol–water partition coefficient (Wildman–Crippen LogP) is 6.04. The van der Waals surface area contributed by atoms with Crippen molar-refractivity contribution in [3.63, 3.8) is 0 Å². The van der Waals surface area contributed by atoms with Gasteiger partial charge in [-0.3, -0.25) is 0 Å². The Bertz CT molecular complexity index is 1180. The standard InChI is InChI=1S/C24H14N2O/c25-15-20-5-4-6-21(16-26)24(20)19-10-9-18-14-23(12-11-17(18)13-19)27-22-7-2-1-3-8-22/h1-14H. The van der Waals surface area contributed by atoms with Crippen LogP contribution in [0.1, 0.15) is 11.1 Å². The molecule has 4 aromatic rings. The van der Waals surface area contributed by atoms with Gasteiger partial charge in [0.15, 0.2) is 0 Å². The minimum absolute atomic E-state index is 0.498. The minimum Gasteiger partial charge on any atom is -0.457 e. The first kappa shape index (κ1) is 16.4. The zero-order chi connectivity index (χ0) is 18.6. The van der Waals surface area contributed by atoms with E-state index in [9.17, 15) is 10.5 Å². The average Bonchev–Trinajstić information content (AvgIpc) is 2.73. The molecule has 0 atom stereocenters. The quantitative estimate of drug-likeness (QED) is 0.454. The van der Waals surface area contributed by atoms with E-state index in [4.69, 9.17) is 4.74 Å². The molecule has 0 saturated carbocycles. The third-order valence-corrected chi connectivity index (χ3v) is 4.38. The van der Waals surface area contributed by atoms with Crippen molar-refractivity contribution < 1.29 is 4.74 Å². The summed E-state index contributed by atoms with van der Waals surface area (Å²) >= 11 is 0. The van der Waals surface area contributed by atoms with E-state index >= 15 is 0 Å². The molecule has 0 spiro atoms.